The molecule has 2 saturated heterocycles. The lowest BCUT2D eigenvalue weighted by Gasteiger charge is -2.37. The van der Waals surface area contributed by atoms with Crippen LogP contribution in [0.3, 0.4) is 0 Å². The van der Waals surface area contributed by atoms with Crippen LogP contribution in [0.15, 0.2) is 24.3 Å². The van der Waals surface area contributed by atoms with Crippen molar-refractivity contribution in [3.63, 3.8) is 0 Å². The zero-order chi connectivity index (χ0) is 15.7. The monoisotopic (exact) mass is 321 g/mol. The van der Waals surface area contributed by atoms with Gasteiger partial charge in [0.1, 0.15) is 5.54 Å². The van der Waals surface area contributed by atoms with Crippen molar-refractivity contribution in [2.75, 3.05) is 13.1 Å². The highest BCUT2D eigenvalue weighted by Gasteiger charge is 2.48. The van der Waals surface area contributed by atoms with Gasteiger partial charge in [-0.25, -0.2) is 4.79 Å². The smallest absolute Gasteiger partial charge is 0.322 e. The molecule has 1 aromatic rings. The molecule has 22 heavy (non-hydrogen) atoms. The summed E-state index contributed by atoms with van der Waals surface area (Å²) in [5.74, 6) is -0.316. The highest BCUT2D eigenvalue weighted by Crippen LogP contribution is 2.26. The topological polar surface area (TPSA) is 78.5 Å². The van der Waals surface area contributed by atoms with E-state index in [1.54, 1.807) is 11.0 Å². The molecule has 0 aliphatic carbocycles. The van der Waals surface area contributed by atoms with Crippen molar-refractivity contribution in [1.82, 2.24) is 15.5 Å². The third-order valence-electron chi connectivity index (χ3n) is 4.28. The van der Waals surface area contributed by atoms with E-state index in [1.165, 1.54) is 0 Å². The van der Waals surface area contributed by atoms with Crippen molar-refractivity contribution < 1.29 is 14.4 Å². The fourth-order valence-electron chi connectivity index (χ4n) is 2.93. The second kappa shape index (κ2) is 5.61. The van der Waals surface area contributed by atoms with Crippen molar-refractivity contribution in [2.24, 2.45) is 0 Å². The van der Waals surface area contributed by atoms with Crippen LogP contribution in [-0.2, 0) is 16.0 Å². The van der Waals surface area contributed by atoms with Crippen LogP contribution in [-0.4, -0.2) is 41.4 Å². The van der Waals surface area contributed by atoms with Gasteiger partial charge in [0, 0.05) is 18.1 Å². The lowest BCUT2D eigenvalue weighted by atomic mass is 9.87. The molecule has 1 spiro atoms. The first-order valence-corrected chi connectivity index (χ1v) is 7.53. The Morgan fingerprint density at radius 3 is 2.50 bits per heavy atom. The van der Waals surface area contributed by atoms with Crippen LogP contribution < -0.4 is 10.6 Å². The third kappa shape index (κ3) is 2.66. The summed E-state index contributed by atoms with van der Waals surface area (Å²) in [4.78, 5) is 37.2. The SMILES string of the molecule is O=C1NC(=O)C2(CCN(C(=O)Cc3ccccc3Cl)CC2)N1. The maximum absolute atomic E-state index is 12.3. The number of carbonyl (C=O) groups is 3. The quantitative estimate of drug-likeness (QED) is 0.800. The maximum Gasteiger partial charge on any atom is 0.322 e. The van der Waals surface area contributed by atoms with E-state index in [2.05, 4.69) is 10.6 Å². The maximum atomic E-state index is 12.3. The number of nitrogens with one attached hydrogen (secondary N) is 2. The molecule has 0 saturated carbocycles. The average Bonchev–Trinajstić information content (AvgIpc) is 2.76. The van der Waals surface area contributed by atoms with Crippen molar-refractivity contribution in [2.45, 2.75) is 24.8 Å². The van der Waals surface area contributed by atoms with Gasteiger partial charge in [0.2, 0.25) is 5.91 Å². The van der Waals surface area contributed by atoms with Gasteiger partial charge in [0.05, 0.1) is 6.42 Å². The predicted octanol–water partition coefficient (Wildman–Crippen LogP) is 1.08. The van der Waals surface area contributed by atoms with Crippen LogP contribution in [0.2, 0.25) is 5.02 Å². The molecule has 2 aliphatic heterocycles. The summed E-state index contributed by atoms with van der Waals surface area (Å²) >= 11 is 6.07. The van der Waals surface area contributed by atoms with Gasteiger partial charge in [-0.3, -0.25) is 14.9 Å². The van der Waals surface area contributed by atoms with Gasteiger partial charge in [0.25, 0.3) is 5.91 Å². The molecule has 2 N–H and O–H groups in total. The molecule has 0 atom stereocenters. The number of imide groups is 1. The zero-order valence-electron chi connectivity index (χ0n) is 11.9. The van der Waals surface area contributed by atoms with Crippen LogP contribution in [0.4, 0.5) is 4.79 Å². The predicted molar refractivity (Wildman–Crippen MR) is 80.4 cm³/mol. The van der Waals surface area contributed by atoms with Crippen LogP contribution >= 0.6 is 11.6 Å². The number of hydrogen-bond donors (Lipinski definition) is 2. The summed E-state index contributed by atoms with van der Waals surface area (Å²) in [6.07, 6.45) is 1.10. The fraction of sp³-hybridized carbons (Fsp3) is 0.400. The standard InChI is InChI=1S/C15H16ClN3O3/c16-11-4-2-1-3-10(11)9-12(20)19-7-5-15(6-8-19)13(21)17-14(22)18-15/h1-4H,5-9H2,(H2,17,18,21,22). The molecule has 2 aliphatic rings. The molecular weight excluding hydrogens is 306 g/mol. The zero-order valence-corrected chi connectivity index (χ0v) is 12.7. The molecule has 7 heteroatoms. The van der Waals surface area contributed by atoms with Crippen LogP contribution in [0.1, 0.15) is 18.4 Å². The Morgan fingerprint density at radius 1 is 1.23 bits per heavy atom. The summed E-state index contributed by atoms with van der Waals surface area (Å²) in [6.45, 7) is 0.883. The molecule has 0 radical (unpaired) electrons. The molecule has 0 unspecified atom stereocenters. The number of likely N-dealkylation sites (tertiary alicyclic amines) is 1. The summed E-state index contributed by atoms with van der Waals surface area (Å²) < 4.78 is 0. The summed E-state index contributed by atoms with van der Waals surface area (Å²) in [5.41, 5.74) is -0.0560. The largest absolute Gasteiger partial charge is 0.342 e. The molecule has 0 aromatic heterocycles. The van der Waals surface area contributed by atoms with E-state index in [0.717, 1.165) is 5.56 Å². The molecule has 4 amide bonds. The Morgan fingerprint density at radius 2 is 1.91 bits per heavy atom. The molecule has 0 bridgehead atoms. The van der Waals surface area contributed by atoms with Crippen molar-refractivity contribution in [3.8, 4) is 0 Å². The normalized spacial score (nSPS) is 20.0. The number of piperidine rings is 1. The number of carbonyl (C=O) groups excluding carboxylic acids is 3. The minimum atomic E-state index is -0.849. The number of urea groups is 1. The van der Waals surface area contributed by atoms with E-state index in [9.17, 15) is 14.4 Å². The van der Waals surface area contributed by atoms with E-state index in [1.807, 2.05) is 18.2 Å². The van der Waals surface area contributed by atoms with Gasteiger partial charge >= 0.3 is 6.03 Å². The molecule has 1 aromatic carbocycles. The lowest BCUT2D eigenvalue weighted by Crippen LogP contribution is -2.55. The van der Waals surface area contributed by atoms with E-state index < -0.39 is 11.6 Å². The first kappa shape index (κ1) is 14.8. The Hall–Kier alpha value is -2.08. The van der Waals surface area contributed by atoms with Crippen LogP contribution in [0.5, 0.6) is 0 Å². The fourth-order valence-corrected chi connectivity index (χ4v) is 3.14. The van der Waals surface area contributed by atoms with Gasteiger partial charge < -0.3 is 10.2 Å². The second-order valence-corrected chi connectivity index (χ2v) is 6.05. The van der Waals surface area contributed by atoms with Gasteiger partial charge in [0.15, 0.2) is 0 Å². The van der Waals surface area contributed by atoms with E-state index in [-0.39, 0.29) is 18.2 Å². The van der Waals surface area contributed by atoms with Crippen molar-refractivity contribution in [3.05, 3.63) is 34.9 Å². The lowest BCUT2D eigenvalue weighted by molar-refractivity contribution is -0.135. The molecule has 116 valence electrons. The van der Waals surface area contributed by atoms with Crippen molar-refractivity contribution >= 4 is 29.4 Å². The van der Waals surface area contributed by atoms with Gasteiger partial charge in [-0.2, -0.15) is 0 Å². The number of rotatable bonds is 2. The van der Waals surface area contributed by atoms with Crippen molar-refractivity contribution in [1.29, 1.82) is 0 Å². The van der Waals surface area contributed by atoms with E-state index in [0.29, 0.717) is 31.0 Å². The van der Waals surface area contributed by atoms with Crippen LogP contribution in [0.25, 0.3) is 0 Å². The number of amides is 4. The molecule has 6 nitrogen and oxygen atoms in total. The average molecular weight is 322 g/mol. The Balaban J connectivity index is 1.62. The number of halogens is 1. The van der Waals surface area contributed by atoms with Crippen LogP contribution in [0, 0.1) is 0 Å². The summed E-state index contributed by atoms with van der Waals surface area (Å²) in [7, 11) is 0. The Bertz CT molecular complexity index is 639. The second-order valence-electron chi connectivity index (χ2n) is 5.64. The Labute approximate surface area is 132 Å². The third-order valence-corrected chi connectivity index (χ3v) is 4.65. The Kier molecular flexibility index (Phi) is 3.78. The molecule has 2 heterocycles. The molecular formula is C15H16ClN3O3. The minimum absolute atomic E-state index is 0.0207. The highest BCUT2D eigenvalue weighted by atomic mass is 35.5. The first-order valence-electron chi connectivity index (χ1n) is 7.15. The summed E-state index contributed by atoms with van der Waals surface area (Å²) in [6, 6.07) is 6.80. The van der Waals surface area contributed by atoms with E-state index >= 15 is 0 Å². The number of hydrogen-bond acceptors (Lipinski definition) is 3. The minimum Gasteiger partial charge on any atom is -0.342 e. The van der Waals surface area contributed by atoms with E-state index in [4.69, 9.17) is 11.6 Å². The number of benzene rings is 1. The first-order chi connectivity index (χ1) is 10.5. The highest BCUT2D eigenvalue weighted by molar-refractivity contribution is 6.31. The molecule has 3 rings (SSSR count). The van der Waals surface area contributed by atoms with Gasteiger partial charge in [-0.1, -0.05) is 29.8 Å². The van der Waals surface area contributed by atoms with Gasteiger partial charge in [-0.05, 0) is 24.5 Å². The van der Waals surface area contributed by atoms with Gasteiger partial charge in [-0.15, -0.1) is 0 Å². The summed E-state index contributed by atoms with van der Waals surface area (Å²) in [5, 5.41) is 5.51. The molecule has 2 fully saturated rings. The number of nitrogens with zero attached hydrogens (tertiary/aromatic N) is 1.